The molecule has 3 nitrogen and oxygen atoms in total. The van der Waals surface area contributed by atoms with Crippen LogP contribution in [0.3, 0.4) is 0 Å². The molecule has 2 aliphatic rings. The van der Waals surface area contributed by atoms with Crippen LogP contribution in [0.25, 0.3) is 0 Å². The minimum atomic E-state index is -1.17. The Kier molecular flexibility index (Phi) is 9.76. The van der Waals surface area contributed by atoms with Crippen molar-refractivity contribution >= 4 is 5.97 Å². The van der Waals surface area contributed by atoms with Gasteiger partial charge in [0.1, 0.15) is 0 Å². The lowest BCUT2D eigenvalue weighted by atomic mass is 9.68. The summed E-state index contributed by atoms with van der Waals surface area (Å²) in [6.45, 7) is 3.99. The molecule has 0 aromatic heterocycles. The number of carbonyl (C=O) groups is 1. The van der Waals surface area contributed by atoms with Gasteiger partial charge >= 0.3 is 5.97 Å². The van der Waals surface area contributed by atoms with E-state index in [-0.39, 0.29) is 24.0 Å². The number of rotatable bonds is 9. The van der Waals surface area contributed by atoms with Crippen molar-refractivity contribution in [3.8, 4) is 11.5 Å². The molecule has 0 N–H and O–H groups in total. The number of carbonyl (C=O) groups excluding carboxylic acids is 1. The monoisotopic (exact) mass is 510 g/mol. The van der Waals surface area contributed by atoms with Crippen molar-refractivity contribution in [2.45, 2.75) is 84.0 Å². The van der Waals surface area contributed by atoms with Gasteiger partial charge in [-0.1, -0.05) is 36.4 Å². The third-order valence-electron chi connectivity index (χ3n) is 8.35. The fraction of sp³-hybridized carbons (Fsp3) is 0.531. The number of allylic oxidation sites excluding steroid dienone is 2. The van der Waals surface area contributed by atoms with Crippen LogP contribution >= 0.6 is 0 Å². The molecule has 0 amide bonds. The predicted molar refractivity (Wildman–Crippen MR) is 143 cm³/mol. The molecular formula is C32H40F2O3. The van der Waals surface area contributed by atoms with E-state index in [2.05, 4.69) is 43.3 Å². The Bertz CT molecular complexity index is 1050. The molecular weight excluding hydrogens is 470 g/mol. The van der Waals surface area contributed by atoms with Crippen LogP contribution in [0.4, 0.5) is 8.78 Å². The summed E-state index contributed by atoms with van der Waals surface area (Å²) in [6.07, 6.45) is 14.9. The molecule has 4 rings (SSSR count). The Labute approximate surface area is 220 Å². The summed E-state index contributed by atoms with van der Waals surface area (Å²) in [5.41, 5.74) is 2.87. The van der Waals surface area contributed by atoms with Gasteiger partial charge in [0.15, 0.2) is 11.5 Å². The molecule has 0 spiro atoms. The van der Waals surface area contributed by atoms with E-state index in [9.17, 15) is 13.6 Å². The number of halogens is 2. The van der Waals surface area contributed by atoms with Crippen LogP contribution in [0.15, 0.2) is 48.6 Å². The molecule has 37 heavy (non-hydrogen) atoms. The van der Waals surface area contributed by atoms with Gasteiger partial charge in [-0.15, -0.1) is 0 Å². The third-order valence-corrected chi connectivity index (χ3v) is 8.35. The van der Waals surface area contributed by atoms with Crippen LogP contribution in [0.5, 0.6) is 11.5 Å². The van der Waals surface area contributed by atoms with Gasteiger partial charge in [0.2, 0.25) is 11.6 Å². The fourth-order valence-corrected chi connectivity index (χ4v) is 6.17. The maximum atomic E-state index is 14.3. The van der Waals surface area contributed by atoms with Crippen LogP contribution in [0.2, 0.25) is 0 Å². The predicted octanol–water partition coefficient (Wildman–Crippen LogP) is 8.56. The number of ether oxygens (including phenoxy) is 2. The molecule has 2 aromatic rings. The van der Waals surface area contributed by atoms with Crippen LogP contribution in [-0.4, -0.2) is 12.6 Å². The molecule has 0 atom stereocenters. The average molecular weight is 511 g/mol. The first-order valence-electron chi connectivity index (χ1n) is 14.0. The van der Waals surface area contributed by atoms with Crippen molar-refractivity contribution in [2.24, 2.45) is 17.8 Å². The van der Waals surface area contributed by atoms with Crippen molar-refractivity contribution in [1.82, 2.24) is 0 Å². The number of hydrogen-bond acceptors (Lipinski definition) is 3. The molecule has 0 bridgehead atoms. The maximum Gasteiger partial charge on any atom is 0.314 e. The SMILES string of the molecule is C/C=C/CCc1ccc(C2CCC(C3CCC(C(=O)Oc4ccc(OCC)c(F)c4F)CC3)CC2)cc1. The first kappa shape index (κ1) is 27.3. The largest absolute Gasteiger partial charge is 0.491 e. The topological polar surface area (TPSA) is 35.5 Å². The summed E-state index contributed by atoms with van der Waals surface area (Å²) < 4.78 is 38.8. The van der Waals surface area contributed by atoms with E-state index in [0.29, 0.717) is 17.8 Å². The second-order valence-electron chi connectivity index (χ2n) is 10.6. The lowest BCUT2D eigenvalue weighted by Crippen LogP contribution is -2.30. The quantitative estimate of drug-likeness (QED) is 0.193. The second kappa shape index (κ2) is 13.2. The van der Waals surface area contributed by atoms with Gasteiger partial charge in [-0.2, -0.15) is 8.78 Å². The number of hydrogen-bond donors (Lipinski definition) is 0. The molecule has 200 valence electrons. The van der Waals surface area contributed by atoms with Crippen LogP contribution in [0.1, 0.15) is 88.7 Å². The van der Waals surface area contributed by atoms with E-state index in [1.165, 1.54) is 48.9 Å². The van der Waals surface area contributed by atoms with Gasteiger partial charge in [-0.05, 0) is 119 Å². The Morgan fingerprint density at radius 1 is 0.865 bits per heavy atom. The van der Waals surface area contributed by atoms with Crippen molar-refractivity contribution in [3.63, 3.8) is 0 Å². The van der Waals surface area contributed by atoms with Gasteiger partial charge in [-0.25, -0.2) is 0 Å². The number of esters is 1. The summed E-state index contributed by atoms with van der Waals surface area (Å²) in [4.78, 5) is 12.7. The third kappa shape index (κ3) is 7.00. The summed E-state index contributed by atoms with van der Waals surface area (Å²) in [7, 11) is 0. The normalized spacial score (nSPS) is 24.2. The molecule has 0 radical (unpaired) electrons. The van der Waals surface area contributed by atoms with Gasteiger partial charge in [-0.3, -0.25) is 4.79 Å². The summed E-state index contributed by atoms with van der Waals surface area (Å²) in [6, 6.07) is 11.8. The minimum absolute atomic E-state index is 0.174. The maximum absolute atomic E-state index is 14.3. The zero-order valence-electron chi connectivity index (χ0n) is 22.2. The van der Waals surface area contributed by atoms with E-state index in [1.807, 2.05) is 0 Å². The molecule has 5 heteroatoms. The first-order chi connectivity index (χ1) is 18.0. The lowest BCUT2D eigenvalue weighted by molar-refractivity contribution is -0.140. The Hall–Kier alpha value is -2.69. The van der Waals surface area contributed by atoms with Crippen LogP contribution in [-0.2, 0) is 11.2 Å². The highest BCUT2D eigenvalue weighted by molar-refractivity contribution is 5.75. The summed E-state index contributed by atoms with van der Waals surface area (Å²) in [5, 5.41) is 0. The smallest absolute Gasteiger partial charge is 0.314 e. The van der Waals surface area contributed by atoms with E-state index in [4.69, 9.17) is 9.47 Å². The van der Waals surface area contributed by atoms with Crippen molar-refractivity contribution < 1.29 is 23.0 Å². The fourth-order valence-electron chi connectivity index (χ4n) is 6.17. The molecule has 0 saturated heterocycles. The Morgan fingerprint density at radius 3 is 2.08 bits per heavy atom. The van der Waals surface area contributed by atoms with Gasteiger partial charge < -0.3 is 9.47 Å². The molecule has 2 aromatic carbocycles. The highest BCUT2D eigenvalue weighted by atomic mass is 19.2. The molecule has 0 unspecified atom stereocenters. The molecule has 0 aliphatic heterocycles. The van der Waals surface area contributed by atoms with E-state index in [1.54, 1.807) is 6.92 Å². The van der Waals surface area contributed by atoms with Crippen LogP contribution < -0.4 is 9.47 Å². The highest BCUT2D eigenvalue weighted by Gasteiger charge is 2.34. The summed E-state index contributed by atoms with van der Waals surface area (Å²) >= 11 is 0. The zero-order valence-corrected chi connectivity index (χ0v) is 22.2. The van der Waals surface area contributed by atoms with Gasteiger partial charge in [0.25, 0.3) is 0 Å². The summed E-state index contributed by atoms with van der Waals surface area (Å²) in [5.74, 6) is -1.54. The standard InChI is InChI=1S/C32H40F2O3/c1-3-5-6-7-22-8-10-23(11-9-22)24-12-14-25(15-13-24)26-16-18-27(19-17-26)32(35)37-29-21-20-28(36-4-2)30(33)31(29)34/h3,5,8-11,20-21,24-27H,4,6-7,12-19H2,1-2H3/b5-3+. The second-order valence-corrected chi connectivity index (χ2v) is 10.6. The van der Waals surface area contributed by atoms with Crippen molar-refractivity contribution in [3.05, 3.63) is 71.3 Å². The Morgan fingerprint density at radius 2 is 1.46 bits per heavy atom. The van der Waals surface area contributed by atoms with E-state index < -0.39 is 17.6 Å². The lowest BCUT2D eigenvalue weighted by Gasteiger charge is -2.37. The van der Waals surface area contributed by atoms with E-state index in [0.717, 1.165) is 38.5 Å². The minimum Gasteiger partial charge on any atom is -0.491 e. The Balaban J connectivity index is 1.22. The first-order valence-corrected chi connectivity index (χ1v) is 14.0. The zero-order chi connectivity index (χ0) is 26.2. The van der Waals surface area contributed by atoms with Gasteiger partial charge in [0.05, 0.1) is 12.5 Å². The molecule has 2 fully saturated rings. The molecule has 2 saturated carbocycles. The number of aryl methyl sites for hydroxylation is 1. The number of benzene rings is 2. The molecule has 0 heterocycles. The van der Waals surface area contributed by atoms with Crippen LogP contribution in [0, 0.1) is 29.4 Å². The van der Waals surface area contributed by atoms with Crippen molar-refractivity contribution in [1.29, 1.82) is 0 Å². The average Bonchev–Trinajstić information content (AvgIpc) is 2.93. The van der Waals surface area contributed by atoms with Crippen molar-refractivity contribution in [2.75, 3.05) is 6.61 Å². The highest BCUT2D eigenvalue weighted by Crippen LogP contribution is 2.44. The van der Waals surface area contributed by atoms with Gasteiger partial charge in [0, 0.05) is 0 Å². The van der Waals surface area contributed by atoms with E-state index >= 15 is 0 Å². The molecule has 2 aliphatic carbocycles.